The Bertz CT molecular complexity index is 344. The molecule has 0 aliphatic rings. The second-order valence-electron chi connectivity index (χ2n) is 3.93. The van der Waals surface area contributed by atoms with Crippen LogP contribution in [0, 0.1) is 6.92 Å². The summed E-state index contributed by atoms with van der Waals surface area (Å²) in [5.74, 6) is 0. The normalized spacial score (nSPS) is 14.8. The molecule has 0 spiro atoms. The number of halogens is 1. The number of hydrogen-bond donors (Lipinski definition) is 3. The second-order valence-corrected chi connectivity index (χ2v) is 4.33. The number of nitrogens with two attached hydrogens (primary N) is 1. The van der Waals surface area contributed by atoms with Crippen molar-refractivity contribution in [3.63, 3.8) is 0 Å². The molecule has 2 unspecified atom stereocenters. The SMILES string of the molecule is CNC(CCN)C(O)c1ccc(Cl)c(C)c1. The van der Waals surface area contributed by atoms with E-state index in [1.807, 2.05) is 32.2 Å². The zero-order chi connectivity index (χ0) is 12.1. The standard InChI is InChI=1S/C12H19ClN2O/c1-8-7-9(3-4-10(8)13)12(16)11(15-2)5-6-14/h3-4,7,11-12,15-16H,5-6,14H2,1-2H3. The van der Waals surface area contributed by atoms with Gasteiger partial charge in [0.05, 0.1) is 6.10 Å². The number of hydrogen-bond acceptors (Lipinski definition) is 3. The Balaban J connectivity index is 2.85. The lowest BCUT2D eigenvalue weighted by Crippen LogP contribution is -2.34. The Hall–Kier alpha value is -0.610. The van der Waals surface area contributed by atoms with Gasteiger partial charge in [-0.2, -0.15) is 0 Å². The molecule has 0 aromatic heterocycles. The molecule has 0 amide bonds. The summed E-state index contributed by atoms with van der Waals surface area (Å²) in [5, 5.41) is 14.0. The van der Waals surface area contributed by atoms with Crippen molar-refractivity contribution >= 4 is 11.6 Å². The van der Waals surface area contributed by atoms with E-state index in [0.29, 0.717) is 6.54 Å². The zero-order valence-electron chi connectivity index (χ0n) is 9.70. The fourth-order valence-corrected chi connectivity index (χ4v) is 1.84. The van der Waals surface area contributed by atoms with Crippen LogP contribution in [0.2, 0.25) is 5.02 Å². The van der Waals surface area contributed by atoms with Crippen LogP contribution in [0.25, 0.3) is 0 Å². The van der Waals surface area contributed by atoms with Gasteiger partial charge in [-0.05, 0) is 44.1 Å². The summed E-state index contributed by atoms with van der Waals surface area (Å²) in [6.07, 6.45) is 0.184. The Morgan fingerprint density at radius 1 is 1.50 bits per heavy atom. The van der Waals surface area contributed by atoms with E-state index in [9.17, 15) is 5.11 Å². The highest BCUT2D eigenvalue weighted by atomic mass is 35.5. The molecule has 0 aliphatic heterocycles. The van der Waals surface area contributed by atoms with E-state index < -0.39 is 6.10 Å². The number of nitrogens with one attached hydrogen (secondary N) is 1. The van der Waals surface area contributed by atoms with Crippen molar-refractivity contribution in [3.8, 4) is 0 Å². The third-order valence-corrected chi connectivity index (χ3v) is 3.18. The molecule has 1 aromatic rings. The molecule has 90 valence electrons. The van der Waals surface area contributed by atoms with Gasteiger partial charge in [0, 0.05) is 11.1 Å². The topological polar surface area (TPSA) is 58.3 Å². The fourth-order valence-electron chi connectivity index (χ4n) is 1.72. The maximum Gasteiger partial charge on any atom is 0.0943 e. The first-order chi connectivity index (χ1) is 7.60. The van der Waals surface area contributed by atoms with Crippen molar-refractivity contribution in [2.75, 3.05) is 13.6 Å². The van der Waals surface area contributed by atoms with Crippen LogP contribution in [-0.4, -0.2) is 24.7 Å². The molecule has 1 rings (SSSR count). The van der Waals surface area contributed by atoms with Crippen molar-refractivity contribution < 1.29 is 5.11 Å². The molecule has 0 heterocycles. The molecule has 0 bridgehead atoms. The van der Waals surface area contributed by atoms with E-state index in [0.717, 1.165) is 22.6 Å². The average Bonchev–Trinajstić information content (AvgIpc) is 2.28. The van der Waals surface area contributed by atoms with Gasteiger partial charge in [-0.3, -0.25) is 0 Å². The Labute approximate surface area is 102 Å². The van der Waals surface area contributed by atoms with Gasteiger partial charge in [-0.25, -0.2) is 0 Å². The zero-order valence-corrected chi connectivity index (χ0v) is 10.5. The number of aliphatic hydroxyl groups excluding tert-OH is 1. The highest BCUT2D eigenvalue weighted by Crippen LogP contribution is 2.23. The first-order valence-electron chi connectivity index (χ1n) is 5.41. The van der Waals surface area contributed by atoms with Gasteiger partial charge in [0.25, 0.3) is 0 Å². The van der Waals surface area contributed by atoms with Crippen molar-refractivity contribution in [2.24, 2.45) is 5.73 Å². The van der Waals surface area contributed by atoms with Crippen LogP contribution < -0.4 is 11.1 Å². The lowest BCUT2D eigenvalue weighted by Gasteiger charge is -2.22. The molecule has 4 N–H and O–H groups in total. The van der Waals surface area contributed by atoms with Gasteiger partial charge in [-0.15, -0.1) is 0 Å². The van der Waals surface area contributed by atoms with Crippen LogP contribution in [0.3, 0.4) is 0 Å². The summed E-state index contributed by atoms with van der Waals surface area (Å²) in [7, 11) is 1.83. The predicted molar refractivity (Wildman–Crippen MR) is 67.7 cm³/mol. The molecule has 0 radical (unpaired) electrons. The maximum atomic E-state index is 10.2. The second kappa shape index (κ2) is 6.21. The van der Waals surface area contributed by atoms with E-state index >= 15 is 0 Å². The van der Waals surface area contributed by atoms with Crippen LogP contribution in [0.4, 0.5) is 0 Å². The summed E-state index contributed by atoms with van der Waals surface area (Å²) in [4.78, 5) is 0. The van der Waals surface area contributed by atoms with Gasteiger partial charge in [0.1, 0.15) is 0 Å². The summed E-state index contributed by atoms with van der Waals surface area (Å²) in [6, 6.07) is 5.55. The van der Waals surface area contributed by atoms with E-state index in [1.165, 1.54) is 0 Å². The van der Waals surface area contributed by atoms with E-state index in [-0.39, 0.29) is 6.04 Å². The minimum Gasteiger partial charge on any atom is -0.387 e. The lowest BCUT2D eigenvalue weighted by atomic mass is 9.98. The minimum atomic E-state index is -0.551. The molecule has 4 heteroatoms. The molecule has 0 saturated carbocycles. The van der Waals surface area contributed by atoms with Gasteiger partial charge < -0.3 is 16.2 Å². The third kappa shape index (κ3) is 3.19. The van der Waals surface area contributed by atoms with Crippen LogP contribution in [0.15, 0.2) is 18.2 Å². The smallest absolute Gasteiger partial charge is 0.0943 e. The van der Waals surface area contributed by atoms with Crippen molar-refractivity contribution in [2.45, 2.75) is 25.5 Å². The highest BCUT2D eigenvalue weighted by Gasteiger charge is 2.18. The number of aryl methyl sites for hydroxylation is 1. The monoisotopic (exact) mass is 242 g/mol. The summed E-state index contributed by atoms with van der Waals surface area (Å²) in [5.41, 5.74) is 7.35. The molecule has 0 fully saturated rings. The van der Waals surface area contributed by atoms with Gasteiger partial charge in [0.15, 0.2) is 0 Å². The Morgan fingerprint density at radius 2 is 2.19 bits per heavy atom. The number of benzene rings is 1. The molecular weight excluding hydrogens is 224 g/mol. The van der Waals surface area contributed by atoms with E-state index in [4.69, 9.17) is 17.3 Å². The van der Waals surface area contributed by atoms with Gasteiger partial charge in [0.2, 0.25) is 0 Å². The Morgan fingerprint density at radius 3 is 2.69 bits per heavy atom. The number of aliphatic hydroxyl groups is 1. The fraction of sp³-hybridized carbons (Fsp3) is 0.500. The minimum absolute atomic E-state index is 0.0226. The molecule has 1 aromatic carbocycles. The quantitative estimate of drug-likeness (QED) is 0.736. The van der Waals surface area contributed by atoms with Crippen LogP contribution in [0.5, 0.6) is 0 Å². The molecule has 0 saturated heterocycles. The largest absolute Gasteiger partial charge is 0.387 e. The first kappa shape index (κ1) is 13.5. The lowest BCUT2D eigenvalue weighted by molar-refractivity contribution is 0.129. The van der Waals surface area contributed by atoms with E-state index in [2.05, 4.69) is 5.32 Å². The molecule has 0 aliphatic carbocycles. The molecule has 3 nitrogen and oxygen atoms in total. The number of likely N-dealkylation sites (N-methyl/N-ethyl adjacent to an activating group) is 1. The van der Waals surface area contributed by atoms with Crippen LogP contribution >= 0.6 is 11.6 Å². The van der Waals surface area contributed by atoms with Crippen molar-refractivity contribution in [1.29, 1.82) is 0 Å². The van der Waals surface area contributed by atoms with Crippen LogP contribution in [0.1, 0.15) is 23.7 Å². The van der Waals surface area contributed by atoms with Crippen molar-refractivity contribution in [3.05, 3.63) is 34.3 Å². The third-order valence-electron chi connectivity index (χ3n) is 2.75. The summed E-state index contributed by atoms with van der Waals surface area (Å²) < 4.78 is 0. The summed E-state index contributed by atoms with van der Waals surface area (Å²) in [6.45, 7) is 2.48. The maximum absolute atomic E-state index is 10.2. The predicted octanol–water partition coefficient (Wildman–Crippen LogP) is 1.62. The van der Waals surface area contributed by atoms with Gasteiger partial charge in [-0.1, -0.05) is 23.7 Å². The van der Waals surface area contributed by atoms with Crippen LogP contribution in [-0.2, 0) is 0 Å². The number of rotatable bonds is 5. The van der Waals surface area contributed by atoms with E-state index in [1.54, 1.807) is 0 Å². The first-order valence-corrected chi connectivity index (χ1v) is 5.79. The average molecular weight is 243 g/mol. The molecule has 2 atom stereocenters. The molecule has 16 heavy (non-hydrogen) atoms. The highest BCUT2D eigenvalue weighted by molar-refractivity contribution is 6.31. The summed E-state index contributed by atoms with van der Waals surface area (Å²) >= 11 is 5.94. The van der Waals surface area contributed by atoms with Crippen molar-refractivity contribution in [1.82, 2.24) is 5.32 Å². The van der Waals surface area contributed by atoms with Gasteiger partial charge >= 0.3 is 0 Å². The molecular formula is C12H19ClN2O. The Kier molecular flexibility index (Phi) is 5.22.